The Morgan fingerprint density at radius 1 is 1.52 bits per heavy atom. The van der Waals surface area contributed by atoms with Gasteiger partial charge in [-0.05, 0) is 38.7 Å². The highest BCUT2D eigenvalue weighted by Gasteiger charge is 2.20. The molecule has 1 fully saturated rings. The molecule has 2 N–H and O–H groups in total. The number of aromatic nitrogens is 1. The third-order valence-electron chi connectivity index (χ3n) is 3.80. The van der Waals surface area contributed by atoms with Crippen LogP contribution in [0.15, 0.2) is 17.2 Å². The number of hydrogen-bond acceptors (Lipinski definition) is 4. The van der Waals surface area contributed by atoms with E-state index < -0.39 is 10.0 Å². The molecule has 0 aliphatic carbocycles. The lowest BCUT2D eigenvalue weighted by Gasteiger charge is -2.10. The third kappa shape index (κ3) is 4.06. The average molecular weight is 316 g/mol. The van der Waals surface area contributed by atoms with Gasteiger partial charge in [0.2, 0.25) is 10.0 Å². The van der Waals surface area contributed by atoms with Crippen LogP contribution in [0.25, 0.3) is 0 Å². The van der Waals surface area contributed by atoms with Gasteiger partial charge in [-0.1, -0.05) is 0 Å². The Bertz CT molecular complexity index is 560. The Hall–Kier alpha value is -0.890. The number of hydrogen-bond donors (Lipinski definition) is 2. The highest BCUT2D eigenvalue weighted by Crippen LogP contribution is 2.20. The van der Waals surface area contributed by atoms with Crippen LogP contribution in [0.1, 0.15) is 38.4 Å². The standard InChI is InChI=1S/C14H24N2O4S/c1-11(2)16-8-14(7-13(16)9-17)21(18,19)15-5-3-12-4-6-20-10-12/h7-8,11-12,15,17H,3-6,9-10H2,1-2H3. The molecule has 0 saturated carbocycles. The van der Waals surface area contributed by atoms with E-state index in [1.807, 2.05) is 13.8 Å². The van der Waals surface area contributed by atoms with Gasteiger partial charge in [-0.2, -0.15) is 0 Å². The van der Waals surface area contributed by atoms with Crippen molar-refractivity contribution in [2.75, 3.05) is 19.8 Å². The summed E-state index contributed by atoms with van der Waals surface area (Å²) in [6.45, 7) is 5.63. The van der Waals surface area contributed by atoms with Crippen molar-refractivity contribution in [3.8, 4) is 0 Å². The summed E-state index contributed by atoms with van der Waals surface area (Å²) in [5.41, 5.74) is 0.606. The number of ether oxygens (including phenoxy) is 1. The van der Waals surface area contributed by atoms with Gasteiger partial charge >= 0.3 is 0 Å². The van der Waals surface area contributed by atoms with E-state index in [9.17, 15) is 13.5 Å². The first-order valence-electron chi connectivity index (χ1n) is 7.33. The average Bonchev–Trinajstić information content (AvgIpc) is 3.07. The molecule has 1 aliphatic rings. The van der Waals surface area contributed by atoms with Crippen molar-refractivity contribution in [3.05, 3.63) is 18.0 Å². The van der Waals surface area contributed by atoms with E-state index in [1.165, 1.54) is 6.07 Å². The van der Waals surface area contributed by atoms with Crippen LogP contribution in [-0.4, -0.2) is 37.8 Å². The minimum atomic E-state index is -3.52. The first-order chi connectivity index (χ1) is 9.94. The topological polar surface area (TPSA) is 80.6 Å². The van der Waals surface area contributed by atoms with Crippen molar-refractivity contribution in [2.24, 2.45) is 5.92 Å². The number of aliphatic hydroxyl groups excluding tert-OH is 1. The molecule has 1 aromatic rings. The van der Waals surface area contributed by atoms with Gasteiger partial charge in [0.25, 0.3) is 0 Å². The van der Waals surface area contributed by atoms with E-state index in [0.29, 0.717) is 18.2 Å². The van der Waals surface area contributed by atoms with Gasteiger partial charge in [-0.15, -0.1) is 0 Å². The molecule has 1 saturated heterocycles. The van der Waals surface area contributed by atoms with Crippen LogP contribution >= 0.6 is 0 Å². The maximum Gasteiger partial charge on any atom is 0.242 e. The van der Waals surface area contributed by atoms with Crippen LogP contribution in [0.2, 0.25) is 0 Å². The summed E-state index contributed by atoms with van der Waals surface area (Å²) >= 11 is 0. The molecule has 2 heterocycles. The quantitative estimate of drug-likeness (QED) is 0.794. The molecular weight excluding hydrogens is 292 g/mol. The van der Waals surface area contributed by atoms with Gasteiger partial charge < -0.3 is 14.4 Å². The predicted molar refractivity (Wildman–Crippen MR) is 79.5 cm³/mol. The number of aliphatic hydroxyl groups is 1. The zero-order valence-electron chi connectivity index (χ0n) is 12.6. The van der Waals surface area contributed by atoms with Gasteiger partial charge in [-0.3, -0.25) is 0 Å². The second kappa shape index (κ2) is 6.91. The fourth-order valence-corrected chi connectivity index (χ4v) is 3.64. The molecule has 7 heteroatoms. The number of rotatable bonds is 7. The van der Waals surface area contributed by atoms with E-state index in [-0.39, 0.29) is 17.5 Å². The van der Waals surface area contributed by atoms with Crippen molar-refractivity contribution < 1.29 is 18.3 Å². The molecule has 2 rings (SSSR count). The highest BCUT2D eigenvalue weighted by molar-refractivity contribution is 7.89. The van der Waals surface area contributed by atoms with Crippen molar-refractivity contribution in [1.82, 2.24) is 9.29 Å². The lowest BCUT2D eigenvalue weighted by atomic mass is 10.1. The fraction of sp³-hybridized carbons (Fsp3) is 0.714. The van der Waals surface area contributed by atoms with E-state index in [2.05, 4.69) is 4.72 Å². The smallest absolute Gasteiger partial charge is 0.242 e. The maximum atomic E-state index is 12.3. The summed E-state index contributed by atoms with van der Waals surface area (Å²) in [7, 11) is -3.52. The molecule has 21 heavy (non-hydrogen) atoms. The molecule has 0 aromatic carbocycles. The predicted octanol–water partition coefficient (Wildman–Crippen LogP) is 1.27. The SMILES string of the molecule is CC(C)n1cc(S(=O)(=O)NCCC2CCOC2)cc1CO. The second-order valence-corrected chi connectivity index (χ2v) is 7.51. The highest BCUT2D eigenvalue weighted by atomic mass is 32.2. The van der Waals surface area contributed by atoms with Crippen LogP contribution in [0.3, 0.4) is 0 Å². The molecule has 1 unspecified atom stereocenters. The minimum Gasteiger partial charge on any atom is -0.390 e. The van der Waals surface area contributed by atoms with Crippen molar-refractivity contribution in [1.29, 1.82) is 0 Å². The maximum absolute atomic E-state index is 12.3. The van der Waals surface area contributed by atoms with Crippen LogP contribution in [0.5, 0.6) is 0 Å². The van der Waals surface area contributed by atoms with Crippen LogP contribution in [0, 0.1) is 5.92 Å². The monoisotopic (exact) mass is 316 g/mol. The van der Waals surface area contributed by atoms with E-state index in [1.54, 1.807) is 10.8 Å². The zero-order valence-corrected chi connectivity index (χ0v) is 13.4. The largest absolute Gasteiger partial charge is 0.390 e. The molecule has 0 amide bonds. The molecule has 1 aromatic heterocycles. The molecule has 120 valence electrons. The fourth-order valence-electron chi connectivity index (χ4n) is 2.54. The first kappa shape index (κ1) is 16.5. The van der Waals surface area contributed by atoms with Crippen LogP contribution in [-0.2, 0) is 21.4 Å². The number of sulfonamides is 1. The van der Waals surface area contributed by atoms with Gasteiger partial charge in [0.05, 0.1) is 11.5 Å². The molecular formula is C14H24N2O4S. The molecule has 6 nitrogen and oxygen atoms in total. The van der Waals surface area contributed by atoms with Crippen molar-refractivity contribution in [3.63, 3.8) is 0 Å². The lowest BCUT2D eigenvalue weighted by molar-refractivity contribution is 0.184. The summed E-state index contributed by atoms with van der Waals surface area (Å²) in [6.07, 6.45) is 3.37. The first-order valence-corrected chi connectivity index (χ1v) is 8.81. The lowest BCUT2D eigenvalue weighted by Crippen LogP contribution is -2.26. The summed E-state index contributed by atoms with van der Waals surface area (Å²) in [4.78, 5) is 0.211. The second-order valence-electron chi connectivity index (χ2n) is 5.74. The summed E-state index contributed by atoms with van der Waals surface area (Å²) < 4.78 is 34.2. The zero-order chi connectivity index (χ0) is 15.5. The van der Waals surface area contributed by atoms with Crippen molar-refractivity contribution in [2.45, 2.75) is 44.2 Å². The summed E-state index contributed by atoms with van der Waals surface area (Å²) in [6, 6.07) is 1.63. The van der Waals surface area contributed by atoms with Crippen LogP contribution in [0.4, 0.5) is 0 Å². The van der Waals surface area contributed by atoms with E-state index >= 15 is 0 Å². The Morgan fingerprint density at radius 2 is 2.29 bits per heavy atom. The van der Waals surface area contributed by atoms with E-state index in [0.717, 1.165) is 26.1 Å². The minimum absolute atomic E-state index is 0.103. The third-order valence-corrected chi connectivity index (χ3v) is 5.23. The summed E-state index contributed by atoms with van der Waals surface area (Å²) in [5.74, 6) is 0.445. The normalized spacial score (nSPS) is 19.5. The Kier molecular flexibility index (Phi) is 5.43. The van der Waals surface area contributed by atoms with Gasteiger partial charge in [0.15, 0.2) is 0 Å². The summed E-state index contributed by atoms with van der Waals surface area (Å²) in [5, 5.41) is 9.32. The molecule has 0 radical (unpaired) electrons. The van der Waals surface area contributed by atoms with E-state index in [4.69, 9.17) is 4.74 Å². The Balaban J connectivity index is 2.01. The molecule has 0 spiro atoms. The van der Waals surface area contributed by atoms with Gasteiger partial charge in [0, 0.05) is 37.7 Å². The number of nitrogens with one attached hydrogen (secondary N) is 1. The van der Waals surface area contributed by atoms with Gasteiger partial charge in [-0.25, -0.2) is 13.1 Å². The number of nitrogens with zero attached hydrogens (tertiary/aromatic N) is 1. The van der Waals surface area contributed by atoms with Crippen molar-refractivity contribution >= 4 is 10.0 Å². The van der Waals surface area contributed by atoms with Gasteiger partial charge in [0.1, 0.15) is 0 Å². The Labute approximate surface area is 126 Å². The molecule has 0 bridgehead atoms. The van der Waals surface area contributed by atoms with Crippen LogP contribution < -0.4 is 4.72 Å². The molecule has 1 atom stereocenters. The Morgan fingerprint density at radius 3 is 2.81 bits per heavy atom. The molecule has 1 aliphatic heterocycles.